The van der Waals surface area contributed by atoms with Gasteiger partial charge in [0.1, 0.15) is 5.82 Å². The number of hydrogen-bond donors (Lipinski definition) is 1. The second-order valence-electron chi connectivity index (χ2n) is 8.66. The first-order valence-corrected chi connectivity index (χ1v) is 9.84. The number of hydrogen-bond acceptors (Lipinski definition) is 2. The number of alkyl halides is 6. The van der Waals surface area contributed by atoms with Crippen molar-refractivity contribution in [3.8, 4) is 5.69 Å². The van der Waals surface area contributed by atoms with Crippen LogP contribution in [0, 0.1) is 6.92 Å². The van der Waals surface area contributed by atoms with E-state index in [1.807, 2.05) is 39.8 Å². The number of anilines is 1. The Bertz CT molecular complexity index is 1140. The van der Waals surface area contributed by atoms with Crippen LogP contribution < -0.4 is 5.32 Å². The summed E-state index contributed by atoms with van der Waals surface area (Å²) in [6.45, 7) is 7.51. The number of aromatic nitrogens is 2. The van der Waals surface area contributed by atoms with Gasteiger partial charge in [0.2, 0.25) is 0 Å². The molecule has 0 saturated carbocycles. The van der Waals surface area contributed by atoms with E-state index >= 15 is 0 Å². The zero-order valence-corrected chi connectivity index (χ0v) is 18.2. The van der Waals surface area contributed by atoms with Crippen LogP contribution in [0.5, 0.6) is 0 Å². The van der Waals surface area contributed by atoms with E-state index in [-0.39, 0.29) is 11.9 Å². The molecule has 4 nitrogen and oxygen atoms in total. The van der Waals surface area contributed by atoms with Crippen LogP contribution in [0.3, 0.4) is 0 Å². The summed E-state index contributed by atoms with van der Waals surface area (Å²) in [5.41, 5.74) is -2.24. The van der Waals surface area contributed by atoms with Crippen molar-refractivity contribution in [3.63, 3.8) is 0 Å². The molecule has 0 aliphatic carbocycles. The molecule has 33 heavy (non-hydrogen) atoms. The van der Waals surface area contributed by atoms with E-state index in [9.17, 15) is 31.1 Å². The topological polar surface area (TPSA) is 46.9 Å². The Kier molecular flexibility index (Phi) is 6.08. The highest BCUT2D eigenvalue weighted by atomic mass is 19.4. The molecule has 0 fully saturated rings. The van der Waals surface area contributed by atoms with Crippen LogP contribution in [0.15, 0.2) is 48.5 Å². The number of nitrogens with zero attached hydrogens (tertiary/aromatic N) is 2. The Labute approximate surface area is 186 Å². The highest BCUT2D eigenvalue weighted by molar-refractivity contribution is 6.04. The Morgan fingerprint density at radius 3 is 1.82 bits per heavy atom. The first-order valence-electron chi connectivity index (χ1n) is 9.84. The Balaban J connectivity index is 2.07. The molecule has 1 amide bonds. The summed E-state index contributed by atoms with van der Waals surface area (Å²) in [6.07, 6.45) is -10.1. The van der Waals surface area contributed by atoms with Crippen LogP contribution in [0.4, 0.5) is 32.2 Å². The van der Waals surface area contributed by atoms with E-state index in [0.29, 0.717) is 23.5 Å². The molecule has 10 heteroatoms. The molecule has 2 aromatic carbocycles. The molecule has 3 rings (SSSR count). The molecule has 0 bridgehead atoms. The standard InChI is InChI=1S/C23H21F6N3O/c1-13-5-7-17(8-6-13)32-19(12-18(31-32)21(2,3)4)30-20(33)14-9-15(22(24,25)26)11-16(10-14)23(27,28)29/h5-12H,1-4H3,(H,30,33). The lowest BCUT2D eigenvalue weighted by atomic mass is 9.92. The lowest BCUT2D eigenvalue weighted by molar-refractivity contribution is -0.143. The van der Waals surface area contributed by atoms with Gasteiger partial charge in [0.05, 0.1) is 22.5 Å². The molecule has 176 valence electrons. The second kappa shape index (κ2) is 8.24. The SMILES string of the molecule is Cc1ccc(-n2nc(C(C)(C)C)cc2NC(=O)c2cc(C(F)(F)F)cc(C(F)(F)F)c2)cc1. The molecule has 3 aromatic rings. The van der Waals surface area contributed by atoms with Gasteiger partial charge in [-0.3, -0.25) is 4.79 Å². The van der Waals surface area contributed by atoms with Crippen molar-refractivity contribution in [1.82, 2.24) is 9.78 Å². The van der Waals surface area contributed by atoms with E-state index in [1.165, 1.54) is 10.7 Å². The van der Waals surface area contributed by atoms with E-state index in [2.05, 4.69) is 10.4 Å². The van der Waals surface area contributed by atoms with E-state index in [1.54, 1.807) is 12.1 Å². The minimum Gasteiger partial charge on any atom is -0.306 e. The lowest BCUT2D eigenvalue weighted by Gasteiger charge is -2.14. The monoisotopic (exact) mass is 469 g/mol. The van der Waals surface area contributed by atoms with Gasteiger partial charge < -0.3 is 5.32 Å². The van der Waals surface area contributed by atoms with Crippen LogP contribution in [0.2, 0.25) is 0 Å². The van der Waals surface area contributed by atoms with Gasteiger partial charge >= 0.3 is 12.4 Å². The fourth-order valence-electron chi connectivity index (χ4n) is 2.99. The molecular weight excluding hydrogens is 448 g/mol. The van der Waals surface area contributed by atoms with Gasteiger partial charge in [0, 0.05) is 17.0 Å². The van der Waals surface area contributed by atoms with Crippen LogP contribution in [0.25, 0.3) is 5.69 Å². The van der Waals surface area contributed by atoms with Gasteiger partial charge in [-0.2, -0.15) is 31.4 Å². The maximum atomic E-state index is 13.2. The van der Waals surface area contributed by atoms with Crippen molar-refractivity contribution in [1.29, 1.82) is 0 Å². The molecule has 0 saturated heterocycles. The number of nitrogens with one attached hydrogen (secondary N) is 1. The highest BCUT2D eigenvalue weighted by Gasteiger charge is 2.37. The predicted octanol–water partition coefficient (Wildman–Crippen LogP) is 6.77. The zero-order valence-electron chi connectivity index (χ0n) is 18.2. The van der Waals surface area contributed by atoms with Crippen LogP contribution in [-0.2, 0) is 17.8 Å². The largest absolute Gasteiger partial charge is 0.416 e. The quantitative estimate of drug-likeness (QED) is 0.431. The Morgan fingerprint density at radius 2 is 1.36 bits per heavy atom. The average molecular weight is 469 g/mol. The zero-order chi connectivity index (χ0) is 24.8. The number of aryl methyl sites for hydroxylation is 1. The summed E-state index contributed by atoms with van der Waals surface area (Å²) < 4.78 is 80.4. The minimum atomic E-state index is -5.06. The molecule has 0 aliphatic rings. The maximum absolute atomic E-state index is 13.2. The summed E-state index contributed by atoms with van der Waals surface area (Å²) in [7, 11) is 0. The molecule has 0 spiro atoms. The number of benzene rings is 2. The van der Waals surface area contributed by atoms with Crippen molar-refractivity contribution in [3.05, 3.63) is 76.5 Å². The van der Waals surface area contributed by atoms with Gasteiger partial charge in [-0.15, -0.1) is 0 Å². The van der Waals surface area contributed by atoms with Gasteiger partial charge in [0.25, 0.3) is 5.91 Å². The second-order valence-corrected chi connectivity index (χ2v) is 8.66. The van der Waals surface area contributed by atoms with E-state index in [0.717, 1.165) is 5.56 Å². The molecule has 0 atom stereocenters. The summed E-state index contributed by atoms with van der Waals surface area (Å²) in [4.78, 5) is 12.8. The molecule has 0 unspecified atom stereocenters. The van der Waals surface area contributed by atoms with Gasteiger partial charge in [-0.05, 0) is 37.3 Å². The summed E-state index contributed by atoms with van der Waals surface area (Å²) in [6, 6.07) is 9.38. The van der Waals surface area contributed by atoms with Crippen LogP contribution in [0.1, 0.15) is 53.5 Å². The third-order valence-electron chi connectivity index (χ3n) is 4.85. The van der Waals surface area contributed by atoms with Gasteiger partial charge in [0.15, 0.2) is 0 Å². The van der Waals surface area contributed by atoms with Crippen molar-refractivity contribution in [2.45, 2.75) is 45.5 Å². The minimum absolute atomic E-state index is 0.0228. The van der Waals surface area contributed by atoms with Crippen molar-refractivity contribution in [2.75, 3.05) is 5.32 Å². The van der Waals surface area contributed by atoms with Crippen molar-refractivity contribution in [2.24, 2.45) is 0 Å². The summed E-state index contributed by atoms with van der Waals surface area (Å²) >= 11 is 0. The Hall–Kier alpha value is -3.30. The third kappa shape index (κ3) is 5.55. The number of carbonyl (C=O) groups excluding carboxylic acids is 1. The molecule has 1 N–H and O–H groups in total. The molecular formula is C23H21F6N3O. The lowest BCUT2D eigenvalue weighted by Crippen LogP contribution is -2.18. The van der Waals surface area contributed by atoms with Crippen LogP contribution >= 0.6 is 0 Å². The fourth-order valence-corrected chi connectivity index (χ4v) is 2.99. The first kappa shape index (κ1) is 24.3. The summed E-state index contributed by atoms with van der Waals surface area (Å²) in [5.74, 6) is -1.01. The summed E-state index contributed by atoms with van der Waals surface area (Å²) in [5, 5.41) is 6.90. The van der Waals surface area contributed by atoms with Gasteiger partial charge in [-0.1, -0.05) is 38.5 Å². The van der Waals surface area contributed by atoms with Crippen molar-refractivity contribution >= 4 is 11.7 Å². The number of halogens is 6. The first-order chi connectivity index (χ1) is 15.1. The fraction of sp³-hybridized carbons (Fsp3) is 0.304. The molecule has 0 aliphatic heterocycles. The number of amides is 1. The normalized spacial score (nSPS) is 12.7. The van der Waals surface area contributed by atoms with Gasteiger partial charge in [-0.25, -0.2) is 4.68 Å². The Morgan fingerprint density at radius 1 is 0.848 bits per heavy atom. The highest BCUT2D eigenvalue weighted by Crippen LogP contribution is 2.36. The molecule has 0 radical (unpaired) electrons. The van der Waals surface area contributed by atoms with Crippen molar-refractivity contribution < 1.29 is 31.1 Å². The smallest absolute Gasteiger partial charge is 0.306 e. The third-order valence-corrected chi connectivity index (χ3v) is 4.85. The maximum Gasteiger partial charge on any atom is 0.416 e. The predicted molar refractivity (Wildman–Crippen MR) is 111 cm³/mol. The number of carbonyl (C=O) groups is 1. The molecule has 1 aromatic heterocycles. The van der Waals surface area contributed by atoms with Crippen LogP contribution in [-0.4, -0.2) is 15.7 Å². The molecule has 1 heterocycles. The van der Waals surface area contributed by atoms with E-state index in [4.69, 9.17) is 0 Å². The number of rotatable bonds is 3. The van der Waals surface area contributed by atoms with E-state index < -0.39 is 40.4 Å². The average Bonchev–Trinajstić information content (AvgIpc) is 3.11.